The summed E-state index contributed by atoms with van der Waals surface area (Å²) in [4.78, 5) is 55.2. The van der Waals surface area contributed by atoms with Crippen LogP contribution in [-0.2, 0) is 18.7 Å². The average Bonchev–Trinajstić information content (AvgIpc) is 2.82. The van der Waals surface area contributed by atoms with Crippen molar-refractivity contribution < 1.29 is 38.3 Å². The van der Waals surface area contributed by atoms with Gasteiger partial charge in [-0.3, -0.25) is 14.1 Å². The molecule has 134 valence electrons. The maximum atomic E-state index is 12.1. The van der Waals surface area contributed by atoms with Gasteiger partial charge in [-0.25, -0.2) is 29.7 Å². The molecule has 0 aromatic carbocycles. The average molecular weight is 365 g/mol. The number of hydrogen-bond donors (Lipinski definition) is 5. The SMILES string of the molecule is C[C@H]1[C@H](NC(=O)O)C(=O)N1P(=O)(O)OCC(=O)C1CNC(=O)N1N. The molecule has 0 aromatic rings. The summed E-state index contributed by atoms with van der Waals surface area (Å²) in [6.45, 7) is 0.419. The number of Topliss-reactive ketones (excluding diaryl/α,β-unsaturated/α-hetero) is 1. The molecule has 2 saturated heterocycles. The fraction of sp³-hybridized carbons (Fsp3) is 0.600. The minimum atomic E-state index is -4.65. The summed E-state index contributed by atoms with van der Waals surface area (Å²) in [6, 6.07) is -3.82. The number of carboxylic acid groups (broad SMARTS) is 1. The summed E-state index contributed by atoms with van der Waals surface area (Å²) in [5.74, 6) is 3.68. The Morgan fingerprint density at radius 3 is 2.58 bits per heavy atom. The summed E-state index contributed by atoms with van der Waals surface area (Å²) in [6.07, 6.45) is -1.45. The zero-order valence-electron chi connectivity index (χ0n) is 12.4. The zero-order valence-corrected chi connectivity index (χ0v) is 13.3. The van der Waals surface area contributed by atoms with Gasteiger partial charge >= 0.3 is 19.9 Å². The highest BCUT2D eigenvalue weighted by molar-refractivity contribution is 7.51. The van der Waals surface area contributed by atoms with Crippen molar-refractivity contribution in [1.29, 1.82) is 0 Å². The van der Waals surface area contributed by atoms with Crippen LogP contribution in [0.25, 0.3) is 0 Å². The molecule has 2 fully saturated rings. The first-order chi connectivity index (χ1) is 11.1. The van der Waals surface area contributed by atoms with Gasteiger partial charge in [-0.2, -0.15) is 0 Å². The number of urea groups is 1. The highest BCUT2D eigenvalue weighted by Gasteiger charge is 2.54. The van der Waals surface area contributed by atoms with Crippen molar-refractivity contribution in [2.45, 2.75) is 25.0 Å². The third-order valence-corrected chi connectivity index (χ3v) is 5.25. The number of hydrogen-bond acceptors (Lipinski definition) is 7. The van der Waals surface area contributed by atoms with E-state index in [4.69, 9.17) is 10.9 Å². The molecule has 13 nitrogen and oxygen atoms in total. The zero-order chi connectivity index (χ0) is 18.2. The molecule has 2 aliphatic heterocycles. The van der Waals surface area contributed by atoms with Gasteiger partial charge in [0, 0.05) is 6.54 Å². The first-order valence-corrected chi connectivity index (χ1v) is 8.24. The number of ketones is 1. The number of carbonyl (C=O) groups excluding carboxylic acids is 3. The molecule has 0 bridgehead atoms. The van der Waals surface area contributed by atoms with Crippen LogP contribution in [0.3, 0.4) is 0 Å². The van der Waals surface area contributed by atoms with E-state index in [0.717, 1.165) is 0 Å². The van der Waals surface area contributed by atoms with Crippen molar-refractivity contribution in [3.8, 4) is 0 Å². The van der Waals surface area contributed by atoms with Crippen LogP contribution in [0, 0.1) is 0 Å². The number of nitrogens with one attached hydrogen (secondary N) is 2. The van der Waals surface area contributed by atoms with Crippen LogP contribution in [0.1, 0.15) is 6.92 Å². The van der Waals surface area contributed by atoms with Crippen molar-refractivity contribution in [2.75, 3.05) is 13.2 Å². The molecule has 24 heavy (non-hydrogen) atoms. The fourth-order valence-corrected chi connectivity index (χ4v) is 3.76. The summed E-state index contributed by atoms with van der Waals surface area (Å²) < 4.78 is 17.2. The van der Waals surface area contributed by atoms with Crippen LogP contribution in [0.5, 0.6) is 0 Å². The molecule has 4 amide bonds. The van der Waals surface area contributed by atoms with Gasteiger partial charge < -0.3 is 20.6 Å². The number of rotatable bonds is 6. The molecule has 2 rings (SSSR count). The van der Waals surface area contributed by atoms with Crippen LogP contribution in [0.4, 0.5) is 9.59 Å². The second-order valence-corrected chi connectivity index (χ2v) is 6.86. The Morgan fingerprint density at radius 2 is 2.12 bits per heavy atom. The number of carbonyl (C=O) groups is 4. The fourth-order valence-electron chi connectivity index (χ4n) is 2.37. The Hall–Kier alpha value is -2.21. The Morgan fingerprint density at radius 1 is 1.50 bits per heavy atom. The van der Waals surface area contributed by atoms with E-state index in [2.05, 4.69) is 9.84 Å². The normalized spacial score (nSPS) is 28.9. The molecule has 2 aliphatic rings. The molecular formula is C10H16N5O8P. The number of amides is 4. The lowest BCUT2D eigenvalue weighted by molar-refractivity contribution is -0.143. The molecule has 4 atom stereocenters. The number of nitrogens with two attached hydrogens (primary N) is 1. The molecular weight excluding hydrogens is 349 g/mol. The van der Waals surface area contributed by atoms with Crippen molar-refractivity contribution in [3.05, 3.63) is 0 Å². The first-order valence-electron chi connectivity index (χ1n) is 6.71. The van der Waals surface area contributed by atoms with Crippen LogP contribution in [-0.4, -0.2) is 74.8 Å². The van der Waals surface area contributed by atoms with Crippen molar-refractivity contribution >= 4 is 31.6 Å². The molecule has 2 heterocycles. The molecule has 2 unspecified atom stereocenters. The van der Waals surface area contributed by atoms with Crippen LogP contribution < -0.4 is 16.5 Å². The maximum Gasteiger partial charge on any atom is 0.435 e. The Bertz CT molecular complexity index is 641. The molecule has 0 saturated carbocycles. The summed E-state index contributed by atoms with van der Waals surface area (Å²) in [5.41, 5.74) is 0. The van der Waals surface area contributed by atoms with Crippen molar-refractivity contribution in [2.24, 2.45) is 5.84 Å². The molecule has 0 spiro atoms. The molecule has 0 aliphatic carbocycles. The van der Waals surface area contributed by atoms with Gasteiger partial charge in [0.15, 0.2) is 5.78 Å². The molecule has 0 aromatic heterocycles. The number of β-lactam (4-membered cyclic amide) rings is 1. The highest BCUT2D eigenvalue weighted by Crippen LogP contribution is 2.52. The molecule has 14 heteroatoms. The van der Waals surface area contributed by atoms with Gasteiger partial charge in [0.2, 0.25) is 0 Å². The Kier molecular flexibility index (Phi) is 4.80. The van der Waals surface area contributed by atoms with Gasteiger partial charge in [0.05, 0.1) is 6.04 Å². The van der Waals surface area contributed by atoms with E-state index in [0.29, 0.717) is 9.68 Å². The summed E-state index contributed by atoms with van der Waals surface area (Å²) >= 11 is 0. The largest absolute Gasteiger partial charge is 0.465 e. The van der Waals surface area contributed by atoms with Crippen LogP contribution in [0.15, 0.2) is 0 Å². The lowest BCUT2D eigenvalue weighted by atomic mass is 10.0. The quantitative estimate of drug-likeness (QED) is 0.150. The molecule has 6 N–H and O–H groups in total. The Balaban J connectivity index is 1.94. The number of hydrazine groups is 1. The molecule has 0 radical (unpaired) electrons. The van der Waals surface area contributed by atoms with E-state index < -0.39 is 56.3 Å². The van der Waals surface area contributed by atoms with E-state index in [-0.39, 0.29) is 6.54 Å². The standard InChI is InChI=1S/C10H16N5O8P/c1-4-7(13-10(19)20)8(17)15(4)24(21,22)23-3-6(16)5-2-12-9(18)14(5)11/h4-5,7,13H,2-3,11H2,1H3,(H,12,18)(H,19,20)(H,21,22)/t4-,5?,7-/m0/s1. The lowest BCUT2D eigenvalue weighted by Crippen LogP contribution is -2.68. The minimum Gasteiger partial charge on any atom is -0.465 e. The van der Waals surface area contributed by atoms with E-state index in [1.54, 1.807) is 0 Å². The highest BCUT2D eigenvalue weighted by atomic mass is 31.2. The van der Waals surface area contributed by atoms with Crippen molar-refractivity contribution in [3.63, 3.8) is 0 Å². The minimum absolute atomic E-state index is 0.0725. The predicted molar refractivity (Wildman–Crippen MR) is 75.3 cm³/mol. The van der Waals surface area contributed by atoms with Gasteiger partial charge in [-0.1, -0.05) is 0 Å². The predicted octanol–water partition coefficient (Wildman–Crippen LogP) is -2.19. The van der Waals surface area contributed by atoms with Gasteiger partial charge in [0.25, 0.3) is 5.91 Å². The van der Waals surface area contributed by atoms with Gasteiger partial charge in [-0.05, 0) is 6.92 Å². The van der Waals surface area contributed by atoms with Crippen LogP contribution in [0.2, 0.25) is 0 Å². The van der Waals surface area contributed by atoms with E-state index in [1.165, 1.54) is 6.92 Å². The lowest BCUT2D eigenvalue weighted by Gasteiger charge is -2.45. The topological polar surface area (TPSA) is 192 Å². The summed E-state index contributed by atoms with van der Waals surface area (Å²) in [5, 5.41) is 13.4. The van der Waals surface area contributed by atoms with E-state index in [9.17, 15) is 28.6 Å². The van der Waals surface area contributed by atoms with Gasteiger partial charge in [-0.15, -0.1) is 0 Å². The first kappa shape index (κ1) is 18.1. The summed E-state index contributed by atoms with van der Waals surface area (Å²) in [7, 11) is -4.65. The third-order valence-electron chi connectivity index (χ3n) is 3.67. The maximum absolute atomic E-state index is 12.1. The van der Waals surface area contributed by atoms with Crippen molar-refractivity contribution in [1.82, 2.24) is 20.3 Å². The number of nitrogens with zero attached hydrogens (tertiary/aromatic N) is 2. The van der Waals surface area contributed by atoms with E-state index >= 15 is 0 Å². The van der Waals surface area contributed by atoms with Crippen LogP contribution >= 0.6 is 7.75 Å². The van der Waals surface area contributed by atoms with Gasteiger partial charge in [0.1, 0.15) is 18.7 Å². The third kappa shape index (κ3) is 3.19. The second-order valence-electron chi connectivity index (χ2n) is 5.19. The monoisotopic (exact) mass is 365 g/mol. The second kappa shape index (κ2) is 6.36. The Labute approximate surface area is 135 Å². The van der Waals surface area contributed by atoms with E-state index in [1.807, 2.05) is 5.32 Å². The smallest absolute Gasteiger partial charge is 0.435 e.